The lowest BCUT2D eigenvalue weighted by Gasteiger charge is -2.28. The van der Waals surface area contributed by atoms with Gasteiger partial charge in [-0.15, -0.1) is 0 Å². The second-order valence-electron chi connectivity index (χ2n) is 8.17. The predicted octanol–water partition coefficient (Wildman–Crippen LogP) is 5.23. The van der Waals surface area contributed by atoms with E-state index in [9.17, 15) is 9.18 Å². The number of amides is 1. The van der Waals surface area contributed by atoms with E-state index in [1.54, 1.807) is 19.2 Å². The lowest BCUT2D eigenvalue weighted by molar-refractivity contribution is -0.119. The number of aromatic nitrogens is 1. The summed E-state index contributed by atoms with van der Waals surface area (Å²) in [6.07, 6.45) is 12.3. The van der Waals surface area contributed by atoms with Crippen molar-refractivity contribution in [3.8, 4) is 11.1 Å². The number of hydrogen-bond donors (Lipinski definition) is 1. The Balaban J connectivity index is 1.50. The number of rotatable bonds is 4. The minimum atomic E-state index is -0.242. The van der Waals surface area contributed by atoms with E-state index in [0.29, 0.717) is 11.8 Å². The van der Waals surface area contributed by atoms with Crippen LogP contribution in [0.2, 0.25) is 0 Å². The van der Waals surface area contributed by atoms with Crippen LogP contribution in [0.4, 0.5) is 4.39 Å². The molecule has 28 heavy (non-hydrogen) atoms. The van der Waals surface area contributed by atoms with Crippen molar-refractivity contribution in [1.29, 1.82) is 0 Å². The number of nitrogens with zero attached hydrogens (tertiary/aromatic N) is 1. The monoisotopic (exact) mass is 378 g/mol. The normalized spacial score (nSPS) is 26.9. The first-order chi connectivity index (χ1) is 13.6. The van der Waals surface area contributed by atoms with Gasteiger partial charge in [0.25, 0.3) is 0 Å². The van der Waals surface area contributed by atoms with Crippen molar-refractivity contribution in [2.45, 2.75) is 45.1 Å². The average molecular weight is 378 g/mol. The molecule has 1 heterocycles. The lowest BCUT2D eigenvalue weighted by Crippen LogP contribution is -2.36. The average Bonchev–Trinajstić information content (AvgIpc) is 3.03. The highest BCUT2D eigenvalue weighted by Gasteiger charge is 2.42. The molecule has 1 aromatic carbocycles. The van der Waals surface area contributed by atoms with Gasteiger partial charge in [0.05, 0.1) is 5.69 Å². The fourth-order valence-electron chi connectivity index (χ4n) is 5.06. The highest BCUT2D eigenvalue weighted by molar-refractivity contribution is 5.73. The number of fused-ring (bicyclic) bond motifs is 1. The Kier molecular flexibility index (Phi) is 5.56. The van der Waals surface area contributed by atoms with Crippen molar-refractivity contribution in [2.75, 3.05) is 0 Å². The van der Waals surface area contributed by atoms with E-state index in [4.69, 9.17) is 0 Å². The molecule has 2 saturated carbocycles. The number of carbonyl (C=O) groups excluding carboxylic acids is 1. The van der Waals surface area contributed by atoms with Crippen LogP contribution in [-0.4, -0.2) is 16.9 Å². The molecule has 0 saturated heterocycles. The van der Waals surface area contributed by atoms with E-state index in [1.807, 2.05) is 18.2 Å². The van der Waals surface area contributed by atoms with Crippen LogP contribution in [-0.2, 0) is 4.79 Å². The molecule has 4 heteroatoms. The molecule has 0 bridgehead atoms. The van der Waals surface area contributed by atoms with Gasteiger partial charge in [-0.25, -0.2) is 4.39 Å². The van der Waals surface area contributed by atoms with E-state index < -0.39 is 0 Å². The summed E-state index contributed by atoms with van der Waals surface area (Å²) < 4.78 is 13.4. The van der Waals surface area contributed by atoms with Gasteiger partial charge in [0, 0.05) is 30.6 Å². The zero-order valence-corrected chi connectivity index (χ0v) is 16.3. The zero-order chi connectivity index (χ0) is 19.5. The lowest BCUT2D eigenvalue weighted by atomic mass is 9.78. The van der Waals surface area contributed by atoms with Gasteiger partial charge in [-0.2, -0.15) is 0 Å². The molecule has 0 unspecified atom stereocenters. The summed E-state index contributed by atoms with van der Waals surface area (Å²) in [4.78, 5) is 16.2. The van der Waals surface area contributed by atoms with Gasteiger partial charge in [-0.1, -0.05) is 43.5 Å². The number of carbonyl (C=O) groups is 1. The molecule has 146 valence electrons. The third-order valence-corrected chi connectivity index (χ3v) is 6.31. The molecule has 0 spiro atoms. The number of halogens is 1. The molecule has 2 aliphatic rings. The Morgan fingerprint density at radius 3 is 2.79 bits per heavy atom. The third-order valence-electron chi connectivity index (χ3n) is 6.31. The standard InChI is InChI=1S/C24H27FN2O/c1-16(28)27-24-14-18-5-2-3-8-22(18)23(24)12-11-21-10-9-19(15-26-21)17-6-4-7-20(25)13-17/h4,6-7,9-13,15,18,22-24H,2-3,5,8,14H2,1H3,(H,27,28)/b12-11+/t18-,22-,23+,24+/m1/s1. The van der Waals surface area contributed by atoms with Crippen molar-refractivity contribution in [3.05, 3.63) is 60.2 Å². The second kappa shape index (κ2) is 8.26. The van der Waals surface area contributed by atoms with Gasteiger partial charge in [0.1, 0.15) is 5.82 Å². The molecule has 2 fully saturated rings. The number of benzene rings is 1. The summed E-state index contributed by atoms with van der Waals surface area (Å²) in [5, 5.41) is 3.17. The maximum absolute atomic E-state index is 13.4. The van der Waals surface area contributed by atoms with E-state index >= 15 is 0 Å². The van der Waals surface area contributed by atoms with Gasteiger partial charge in [0.2, 0.25) is 5.91 Å². The number of hydrogen-bond acceptors (Lipinski definition) is 2. The molecule has 2 aliphatic carbocycles. The second-order valence-corrected chi connectivity index (χ2v) is 8.17. The van der Waals surface area contributed by atoms with Crippen molar-refractivity contribution in [2.24, 2.45) is 17.8 Å². The summed E-state index contributed by atoms with van der Waals surface area (Å²) >= 11 is 0. The van der Waals surface area contributed by atoms with Crippen molar-refractivity contribution in [3.63, 3.8) is 0 Å². The van der Waals surface area contributed by atoms with Crippen molar-refractivity contribution >= 4 is 12.0 Å². The Labute approximate surface area is 166 Å². The molecular weight excluding hydrogens is 351 g/mol. The quantitative estimate of drug-likeness (QED) is 0.791. The Hall–Kier alpha value is -2.49. The topological polar surface area (TPSA) is 42.0 Å². The minimum absolute atomic E-state index is 0.0552. The number of nitrogens with one attached hydrogen (secondary N) is 1. The SMILES string of the molecule is CC(=O)N[C@H]1C[C@H]2CCCC[C@H]2[C@@H]1/C=C/c1ccc(-c2cccc(F)c2)cn1. The maximum atomic E-state index is 13.4. The van der Waals surface area contributed by atoms with Crippen LogP contribution < -0.4 is 5.32 Å². The fourth-order valence-corrected chi connectivity index (χ4v) is 5.06. The zero-order valence-electron chi connectivity index (χ0n) is 16.3. The molecule has 1 N–H and O–H groups in total. The first-order valence-electron chi connectivity index (χ1n) is 10.3. The van der Waals surface area contributed by atoms with E-state index in [2.05, 4.69) is 22.5 Å². The van der Waals surface area contributed by atoms with Crippen molar-refractivity contribution < 1.29 is 9.18 Å². The molecule has 1 amide bonds. The van der Waals surface area contributed by atoms with E-state index in [-0.39, 0.29) is 17.8 Å². The van der Waals surface area contributed by atoms with Crippen LogP contribution in [0.3, 0.4) is 0 Å². The smallest absolute Gasteiger partial charge is 0.217 e. The highest BCUT2D eigenvalue weighted by atomic mass is 19.1. The molecule has 0 aliphatic heterocycles. The Morgan fingerprint density at radius 1 is 1.18 bits per heavy atom. The molecule has 4 rings (SSSR count). The molecule has 0 radical (unpaired) electrons. The van der Waals surface area contributed by atoms with E-state index in [1.165, 1.54) is 37.8 Å². The highest BCUT2D eigenvalue weighted by Crippen LogP contribution is 2.46. The molecule has 2 aromatic rings. The van der Waals surface area contributed by atoms with Crippen molar-refractivity contribution in [1.82, 2.24) is 10.3 Å². The van der Waals surface area contributed by atoms with Gasteiger partial charge < -0.3 is 5.32 Å². The first-order valence-corrected chi connectivity index (χ1v) is 10.3. The summed E-state index contributed by atoms with van der Waals surface area (Å²) in [7, 11) is 0. The van der Waals surface area contributed by atoms with Gasteiger partial charge >= 0.3 is 0 Å². The summed E-state index contributed by atoms with van der Waals surface area (Å²) in [6, 6.07) is 10.7. The molecule has 1 aromatic heterocycles. The maximum Gasteiger partial charge on any atom is 0.217 e. The predicted molar refractivity (Wildman–Crippen MR) is 110 cm³/mol. The largest absolute Gasteiger partial charge is 0.353 e. The van der Waals surface area contributed by atoms with Crippen LogP contribution in [0.15, 0.2) is 48.7 Å². The first kappa shape index (κ1) is 18.9. The fraction of sp³-hybridized carbons (Fsp3) is 0.417. The van der Waals surface area contributed by atoms with Gasteiger partial charge in [-0.05, 0) is 54.5 Å². The van der Waals surface area contributed by atoms with E-state index in [0.717, 1.165) is 29.2 Å². The minimum Gasteiger partial charge on any atom is -0.353 e. The van der Waals surface area contributed by atoms with Gasteiger partial charge in [-0.3, -0.25) is 9.78 Å². The Bertz CT molecular complexity index is 861. The Morgan fingerprint density at radius 2 is 2.04 bits per heavy atom. The summed E-state index contributed by atoms with van der Waals surface area (Å²) in [5.41, 5.74) is 2.62. The number of pyridine rings is 1. The summed E-state index contributed by atoms with van der Waals surface area (Å²) in [6.45, 7) is 1.61. The van der Waals surface area contributed by atoms with Crippen LogP contribution >= 0.6 is 0 Å². The molecule has 4 atom stereocenters. The van der Waals surface area contributed by atoms with Crippen LogP contribution in [0.25, 0.3) is 17.2 Å². The molecule has 3 nitrogen and oxygen atoms in total. The van der Waals surface area contributed by atoms with Gasteiger partial charge in [0.15, 0.2) is 0 Å². The van der Waals surface area contributed by atoms with Crippen LogP contribution in [0.1, 0.15) is 44.7 Å². The van der Waals surface area contributed by atoms with Crippen LogP contribution in [0.5, 0.6) is 0 Å². The van der Waals surface area contributed by atoms with Crippen LogP contribution in [0, 0.1) is 23.6 Å². The molecular formula is C24H27FN2O. The third kappa shape index (κ3) is 4.16. The summed E-state index contributed by atoms with van der Waals surface area (Å²) in [5.74, 6) is 1.57.